The Labute approximate surface area is 468 Å². The van der Waals surface area contributed by atoms with Crippen molar-refractivity contribution in [3.05, 3.63) is 68.9 Å². The number of hydrogen-bond donors (Lipinski definition) is 5. The topological polar surface area (TPSA) is 315 Å². The molecule has 2 aromatic carbocycles. The Bertz CT molecular complexity index is 3310. The predicted molar refractivity (Wildman–Crippen MR) is 278 cm³/mol. The first kappa shape index (κ1) is 64.0. The quantitative estimate of drug-likeness (QED) is 0.0387. The molecule has 5 N–H and O–H groups in total. The van der Waals surface area contributed by atoms with E-state index in [0.29, 0.717) is 10.0 Å². The molecule has 0 spiro atoms. The molecule has 0 saturated heterocycles. The van der Waals surface area contributed by atoms with Crippen molar-refractivity contribution in [3.8, 4) is 34.8 Å². The van der Waals surface area contributed by atoms with Gasteiger partial charge in [0.2, 0.25) is 31.8 Å². The summed E-state index contributed by atoms with van der Waals surface area (Å²) in [7, 11) is -7.13. The highest BCUT2D eigenvalue weighted by Crippen LogP contribution is 2.44. The number of carbonyl (C=O) groups is 4. The number of aromatic nitrogens is 2. The summed E-state index contributed by atoms with van der Waals surface area (Å²) in [6, 6.07) is 6.50. The molecule has 33 heteroatoms. The van der Waals surface area contributed by atoms with E-state index >= 15 is 0 Å². The van der Waals surface area contributed by atoms with Gasteiger partial charge in [0.05, 0.1) is 68.9 Å². The van der Waals surface area contributed by atoms with E-state index in [1.165, 1.54) is 7.11 Å². The van der Waals surface area contributed by atoms with Crippen molar-refractivity contribution < 1.29 is 87.8 Å². The Balaban J connectivity index is 0.000000284. The summed E-state index contributed by atoms with van der Waals surface area (Å²) >= 11 is 25.1. The fourth-order valence-corrected chi connectivity index (χ4v) is 12.2. The number of alkyl halides is 4. The van der Waals surface area contributed by atoms with E-state index in [-0.39, 0.29) is 113 Å². The van der Waals surface area contributed by atoms with Gasteiger partial charge in [0.1, 0.15) is 9.79 Å². The van der Waals surface area contributed by atoms with Gasteiger partial charge in [0.25, 0.3) is 24.7 Å². The number of aromatic hydroxyl groups is 1. The van der Waals surface area contributed by atoms with E-state index < -0.39 is 114 Å². The first-order chi connectivity index (χ1) is 35.9. The average Bonchev–Trinajstić information content (AvgIpc) is 3.32. The molecule has 2 aromatic heterocycles. The van der Waals surface area contributed by atoms with Crippen LogP contribution in [0.1, 0.15) is 67.2 Å². The number of pyridine rings is 2. The van der Waals surface area contributed by atoms with Crippen LogP contribution < -0.4 is 33.7 Å². The van der Waals surface area contributed by atoms with Gasteiger partial charge in [-0.25, -0.2) is 53.8 Å². The number of aliphatic hydroxyl groups excluding tert-OH is 2. The van der Waals surface area contributed by atoms with Crippen molar-refractivity contribution in [2.45, 2.75) is 113 Å². The number of nitrogens with zero attached hydrogens (tertiary/aromatic N) is 6. The van der Waals surface area contributed by atoms with Gasteiger partial charge >= 0.3 is 0 Å². The van der Waals surface area contributed by atoms with Gasteiger partial charge in [-0.15, -0.1) is 0 Å². The van der Waals surface area contributed by atoms with Crippen LogP contribution in [0.3, 0.4) is 0 Å². The summed E-state index contributed by atoms with van der Waals surface area (Å²) in [6.07, 6.45) is -6.59. The number of nitrogens with one attached hydrogen (secondary N) is 2. The minimum absolute atomic E-state index is 0. The highest BCUT2D eigenvalue weighted by Gasteiger charge is 2.45. The maximum Gasteiger partial charge on any atom is 0.285 e. The van der Waals surface area contributed by atoms with Crippen LogP contribution in [0.5, 0.6) is 34.8 Å². The number of ketones is 2. The largest absolute Gasteiger partial charge is 0.505 e. The number of ether oxygens (including phenoxy) is 4. The number of hydrogen-bond acceptors (Lipinski definition) is 19. The van der Waals surface area contributed by atoms with Gasteiger partial charge in [-0.2, -0.15) is 20.2 Å². The van der Waals surface area contributed by atoms with Gasteiger partial charge in [-0.3, -0.25) is 19.2 Å². The van der Waals surface area contributed by atoms with Gasteiger partial charge in [-0.05, 0) is 63.8 Å². The van der Waals surface area contributed by atoms with E-state index in [1.54, 1.807) is 13.8 Å². The third-order valence-electron chi connectivity index (χ3n) is 11.4. The standard InChI is InChI=1S/C23H22Cl2F2N4O8S.C21H18Cl2F2N4O7S.2CH4/c1-23(7-12(32)8-23)30-40(35,36)17-6-18(28-9-16(17)38-10-37-2)39-21-13(24)3-11(4-14(21)25)31-19(34)5-15(33)20(29-31)22(26)27;1-21(6-10(30)7-21)28-37(34,35)15-5-16(26-8-14(15)32)36-19-11(22)2-9(3-12(19)23)29-17(33)4-13(31)18(27-29)20(24)25;;/h3-4,6,9,12,22,30,32H,5,7-8,10H2,1-2H3;2-3,5,8,10,20,28,30,32H,4,6-7H2,1H3;2*1H4. The van der Waals surface area contributed by atoms with Gasteiger partial charge < -0.3 is 34.3 Å². The number of amides is 2. The molecule has 4 heterocycles. The van der Waals surface area contributed by atoms with Gasteiger partial charge in [0.15, 0.2) is 52.8 Å². The lowest BCUT2D eigenvalue weighted by molar-refractivity contribution is -0.126. The Morgan fingerprint density at radius 3 is 1.39 bits per heavy atom. The number of rotatable bonds is 17. The highest BCUT2D eigenvalue weighted by molar-refractivity contribution is 7.90. The molecule has 0 unspecified atom stereocenters. The number of benzene rings is 2. The molecule has 0 bridgehead atoms. The first-order valence-electron chi connectivity index (χ1n) is 22.0. The van der Waals surface area contributed by atoms with Crippen molar-refractivity contribution in [3.63, 3.8) is 0 Å². The second-order valence-electron chi connectivity index (χ2n) is 17.8. The van der Waals surface area contributed by atoms with Gasteiger partial charge in [0, 0.05) is 30.3 Å². The normalized spacial score (nSPS) is 21.2. The minimum atomic E-state index is -4.26. The van der Waals surface area contributed by atoms with Crippen LogP contribution in [0.4, 0.5) is 28.9 Å². The van der Waals surface area contributed by atoms with E-state index in [2.05, 4.69) is 29.6 Å². The molecule has 8 rings (SSSR count). The first-order valence-corrected chi connectivity index (χ1v) is 26.4. The molecule has 2 amide bonds. The van der Waals surface area contributed by atoms with Gasteiger partial charge in [-0.1, -0.05) is 61.3 Å². The third kappa shape index (κ3) is 14.6. The summed E-state index contributed by atoms with van der Waals surface area (Å²) in [5, 5.41) is 36.4. The Kier molecular flexibility index (Phi) is 20.1. The molecule has 2 aliphatic carbocycles. The molecule has 0 atom stereocenters. The van der Waals surface area contributed by atoms with Crippen molar-refractivity contribution in [1.82, 2.24) is 19.4 Å². The zero-order valence-corrected chi connectivity index (χ0v) is 44.3. The summed E-state index contributed by atoms with van der Waals surface area (Å²) in [5.41, 5.74) is -4.20. The summed E-state index contributed by atoms with van der Waals surface area (Å²) < 4.78 is 131. The lowest BCUT2D eigenvalue weighted by atomic mass is 9.77. The lowest BCUT2D eigenvalue weighted by Gasteiger charge is -2.42. The number of methoxy groups -OCH3 is 1. The lowest BCUT2D eigenvalue weighted by Crippen LogP contribution is -2.57. The molecule has 79 heavy (non-hydrogen) atoms. The second-order valence-corrected chi connectivity index (χ2v) is 22.8. The molecule has 0 radical (unpaired) electrons. The maximum absolute atomic E-state index is 13.2. The van der Waals surface area contributed by atoms with E-state index in [0.717, 1.165) is 48.8 Å². The SMILES string of the molecule is C.C.CC1(NS(=O)(=O)c2cc(Oc3c(Cl)cc(N4N=C(C(F)F)C(=O)CC4=O)cc3Cl)ncc2O)CC(O)C1.COCOc1cnc(Oc2c(Cl)cc(N3N=C(C(F)F)C(=O)CC3=O)cc2Cl)cc1S(=O)(=O)NC1(C)CC(O)C1. The van der Waals surface area contributed by atoms with Crippen LogP contribution in [0.15, 0.2) is 68.8 Å². The van der Waals surface area contributed by atoms with E-state index in [9.17, 15) is 68.9 Å². The molecule has 4 aliphatic rings. The summed E-state index contributed by atoms with van der Waals surface area (Å²) in [4.78, 5) is 54.7. The molecule has 4 aromatic rings. The number of Topliss-reactive ketones (excluding diaryl/α,β-unsaturated/α-hetero) is 2. The predicted octanol–water partition coefficient (Wildman–Crippen LogP) is 7.56. The number of aliphatic hydroxyl groups is 2. The number of hydrazone groups is 2. The average molecular weight is 1230 g/mol. The smallest absolute Gasteiger partial charge is 0.285 e. The zero-order chi connectivity index (χ0) is 56.7. The zero-order valence-electron chi connectivity index (χ0n) is 39.6. The van der Waals surface area contributed by atoms with Crippen LogP contribution in [0, 0.1) is 0 Å². The van der Waals surface area contributed by atoms with Crippen LogP contribution in [0.2, 0.25) is 20.1 Å². The van der Waals surface area contributed by atoms with Crippen molar-refractivity contribution >= 4 is 113 Å². The van der Waals surface area contributed by atoms with E-state index in [1.807, 2.05) is 0 Å². The number of carbonyl (C=O) groups excluding carboxylic acids is 4. The van der Waals surface area contributed by atoms with Crippen molar-refractivity contribution in [2.75, 3.05) is 23.9 Å². The highest BCUT2D eigenvalue weighted by atomic mass is 35.5. The summed E-state index contributed by atoms with van der Waals surface area (Å²) in [6.45, 7) is 2.96. The molecule has 23 nitrogen and oxygen atoms in total. The fourth-order valence-electron chi connectivity index (χ4n) is 7.99. The monoisotopic (exact) mass is 1230 g/mol. The molecule has 430 valence electrons. The maximum atomic E-state index is 13.2. The molecular weight excluding hydrogens is 1190 g/mol. The number of anilines is 2. The van der Waals surface area contributed by atoms with Crippen LogP contribution >= 0.6 is 46.4 Å². The van der Waals surface area contributed by atoms with E-state index in [4.69, 9.17) is 65.4 Å². The molecule has 2 saturated carbocycles. The fraction of sp³-hybridized carbons (Fsp3) is 0.391. The summed E-state index contributed by atoms with van der Waals surface area (Å²) in [5.74, 6) is -5.79. The minimum Gasteiger partial charge on any atom is -0.505 e. The Morgan fingerprint density at radius 1 is 0.658 bits per heavy atom. The van der Waals surface area contributed by atoms with Crippen LogP contribution in [-0.2, 0) is 44.0 Å². The number of sulfonamides is 2. The Hall–Kier alpha value is -5.86. The molecular formula is C46H48Cl4F4N8O15S2. The van der Waals surface area contributed by atoms with Crippen molar-refractivity contribution in [2.24, 2.45) is 10.2 Å². The van der Waals surface area contributed by atoms with Crippen LogP contribution in [0.25, 0.3) is 0 Å². The van der Waals surface area contributed by atoms with Crippen LogP contribution in [-0.4, -0.2) is 127 Å². The Morgan fingerprint density at radius 2 is 1.03 bits per heavy atom. The molecule has 2 fully saturated rings. The number of halogens is 8. The molecule has 2 aliphatic heterocycles. The second kappa shape index (κ2) is 24.9. The third-order valence-corrected chi connectivity index (χ3v) is 15.9. The van der Waals surface area contributed by atoms with Crippen molar-refractivity contribution in [1.29, 1.82) is 0 Å².